The first kappa shape index (κ1) is 23.1. The number of benzene rings is 1. The lowest BCUT2D eigenvalue weighted by Gasteiger charge is -2.28. The van der Waals surface area contributed by atoms with Crippen LogP contribution in [0.1, 0.15) is 55.7 Å². The van der Waals surface area contributed by atoms with Crippen LogP contribution in [0.15, 0.2) is 24.5 Å². The van der Waals surface area contributed by atoms with E-state index in [1.54, 1.807) is 0 Å². The van der Waals surface area contributed by atoms with E-state index in [-0.39, 0.29) is 24.3 Å². The Bertz CT molecular complexity index is 1200. The van der Waals surface area contributed by atoms with Gasteiger partial charge in [-0.2, -0.15) is 0 Å². The molecule has 1 aromatic carbocycles. The Hall–Kier alpha value is -2.68. The molecule has 2 atom stereocenters. The standard InChI is InChI=1S/C26H32FN5O2/c1-14(2)23-16(10-28-17-4-5-17)11-29-21-7-6-18(15(3)24(21)23)25-19(27)12-30-26(32-25)31-20-8-9-34-13-22(20)33/h6-7,11-12,14,17,20,22,28,33H,4-5,8-10,13H2,1-3H3,(H,30,31,32)/t20-,22-/m1/s1. The summed E-state index contributed by atoms with van der Waals surface area (Å²) in [5.74, 6) is 0.107. The number of nitrogens with zero attached hydrogens (tertiary/aromatic N) is 3. The number of halogens is 1. The maximum atomic E-state index is 15.0. The fourth-order valence-electron chi connectivity index (χ4n) is 4.80. The number of aliphatic hydroxyl groups excluding tert-OH is 1. The highest BCUT2D eigenvalue weighted by Gasteiger charge is 2.26. The van der Waals surface area contributed by atoms with Gasteiger partial charge in [-0.1, -0.05) is 19.9 Å². The molecule has 5 rings (SSSR count). The highest BCUT2D eigenvalue weighted by Crippen LogP contribution is 2.36. The lowest BCUT2D eigenvalue weighted by molar-refractivity contribution is -0.0136. The Morgan fingerprint density at radius 3 is 2.74 bits per heavy atom. The van der Waals surface area contributed by atoms with Crippen LogP contribution in [0.5, 0.6) is 0 Å². The van der Waals surface area contributed by atoms with E-state index in [4.69, 9.17) is 9.72 Å². The number of hydrogen-bond donors (Lipinski definition) is 3. The number of aryl methyl sites for hydroxylation is 1. The molecular weight excluding hydrogens is 433 g/mol. The average Bonchev–Trinajstić information content (AvgIpc) is 3.65. The molecule has 2 aliphatic rings. The molecule has 8 heteroatoms. The van der Waals surface area contributed by atoms with Crippen LogP contribution in [0.3, 0.4) is 0 Å². The number of pyridine rings is 1. The van der Waals surface area contributed by atoms with Gasteiger partial charge >= 0.3 is 0 Å². The van der Waals surface area contributed by atoms with Crippen LogP contribution in [0, 0.1) is 12.7 Å². The Kier molecular flexibility index (Phi) is 6.46. The molecule has 3 aromatic rings. The fourth-order valence-corrected chi connectivity index (χ4v) is 4.80. The minimum atomic E-state index is -0.657. The largest absolute Gasteiger partial charge is 0.389 e. The van der Waals surface area contributed by atoms with Gasteiger partial charge in [0.15, 0.2) is 5.82 Å². The number of anilines is 1. The van der Waals surface area contributed by atoms with Gasteiger partial charge in [-0.25, -0.2) is 14.4 Å². The van der Waals surface area contributed by atoms with Crippen LogP contribution < -0.4 is 10.6 Å². The third-order valence-electron chi connectivity index (χ3n) is 6.79. The predicted octanol–water partition coefficient (Wildman–Crippen LogP) is 4.08. The second-order valence-electron chi connectivity index (χ2n) is 9.71. The Labute approximate surface area is 199 Å². The minimum absolute atomic E-state index is 0.233. The molecule has 0 bridgehead atoms. The summed E-state index contributed by atoms with van der Waals surface area (Å²) >= 11 is 0. The van der Waals surface area contributed by atoms with E-state index in [0.717, 1.165) is 28.6 Å². The van der Waals surface area contributed by atoms with Crippen molar-refractivity contribution in [3.63, 3.8) is 0 Å². The molecule has 2 aromatic heterocycles. The fraction of sp³-hybridized carbons (Fsp3) is 0.500. The van der Waals surface area contributed by atoms with Crippen molar-refractivity contribution >= 4 is 16.9 Å². The Morgan fingerprint density at radius 2 is 2.00 bits per heavy atom. The summed E-state index contributed by atoms with van der Waals surface area (Å²) in [6.45, 7) is 7.99. The normalized spacial score (nSPS) is 20.8. The van der Waals surface area contributed by atoms with E-state index in [2.05, 4.69) is 34.4 Å². The summed E-state index contributed by atoms with van der Waals surface area (Å²) in [6, 6.07) is 4.20. The van der Waals surface area contributed by atoms with Crippen LogP contribution in [0.25, 0.3) is 22.2 Å². The van der Waals surface area contributed by atoms with Crippen LogP contribution in [0.4, 0.5) is 10.3 Å². The van der Waals surface area contributed by atoms with Gasteiger partial charge < -0.3 is 20.5 Å². The minimum Gasteiger partial charge on any atom is -0.389 e. The molecule has 1 saturated heterocycles. The number of ether oxygens (including phenoxy) is 1. The summed E-state index contributed by atoms with van der Waals surface area (Å²) in [5.41, 5.74) is 5.26. The highest BCUT2D eigenvalue weighted by molar-refractivity contribution is 5.92. The van der Waals surface area contributed by atoms with E-state index >= 15 is 0 Å². The number of nitrogens with one attached hydrogen (secondary N) is 2. The van der Waals surface area contributed by atoms with Gasteiger partial charge in [-0.05, 0) is 54.9 Å². The molecule has 3 N–H and O–H groups in total. The molecule has 180 valence electrons. The van der Waals surface area contributed by atoms with E-state index < -0.39 is 11.9 Å². The van der Waals surface area contributed by atoms with Crippen molar-refractivity contribution in [1.82, 2.24) is 20.3 Å². The maximum Gasteiger partial charge on any atom is 0.223 e. The second kappa shape index (κ2) is 9.52. The first-order valence-electron chi connectivity index (χ1n) is 12.1. The topological polar surface area (TPSA) is 92.2 Å². The highest BCUT2D eigenvalue weighted by atomic mass is 19.1. The predicted molar refractivity (Wildman–Crippen MR) is 130 cm³/mol. The van der Waals surface area contributed by atoms with Gasteiger partial charge in [0.2, 0.25) is 5.95 Å². The molecule has 2 fully saturated rings. The lowest BCUT2D eigenvalue weighted by Crippen LogP contribution is -2.42. The molecule has 7 nitrogen and oxygen atoms in total. The van der Waals surface area contributed by atoms with E-state index in [1.807, 2.05) is 25.3 Å². The smallest absolute Gasteiger partial charge is 0.223 e. The quantitative estimate of drug-likeness (QED) is 0.484. The lowest BCUT2D eigenvalue weighted by atomic mass is 9.89. The summed E-state index contributed by atoms with van der Waals surface area (Å²) in [5, 5.41) is 18.0. The SMILES string of the molecule is Cc1c(-c2nc(N[C@@H]3CCOC[C@H]3O)ncc2F)ccc2ncc(CNC3CC3)c(C(C)C)c12. The van der Waals surface area contributed by atoms with Crippen LogP contribution >= 0.6 is 0 Å². The van der Waals surface area contributed by atoms with Crippen molar-refractivity contribution in [1.29, 1.82) is 0 Å². The number of rotatable bonds is 7. The van der Waals surface area contributed by atoms with Gasteiger partial charge in [0, 0.05) is 36.3 Å². The van der Waals surface area contributed by atoms with Crippen LogP contribution in [-0.4, -0.2) is 51.5 Å². The molecule has 0 unspecified atom stereocenters. The third-order valence-corrected chi connectivity index (χ3v) is 6.79. The molecule has 1 aliphatic carbocycles. The zero-order valence-electron chi connectivity index (χ0n) is 19.9. The van der Waals surface area contributed by atoms with Crippen molar-refractivity contribution in [2.45, 2.75) is 70.7 Å². The second-order valence-corrected chi connectivity index (χ2v) is 9.71. The first-order chi connectivity index (χ1) is 16.4. The van der Waals surface area contributed by atoms with E-state index in [1.165, 1.54) is 30.2 Å². The van der Waals surface area contributed by atoms with Gasteiger partial charge in [-0.3, -0.25) is 4.98 Å². The maximum absolute atomic E-state index is 15.0. The monoisotopic (exact) mass is 465 g/mol. The number of aromatic nitrogens is 3. The molecule has 1 aliphatic heterocycles. The zero-order valence-corrected chi connectivity index (χ0v) is 19.9. The summed E-state index contributed by atoms with van der Waals surface area (Å²) in [4.78, 5) is 13.4. The first-order valence-corrected chi connectivity index (χ1v) is 12.1. The van der Waals surface area contributed by atoms with E-state index in [9.17, 15) is 9.50 Å². The van der Waals surface area contributed by atoms with Crippen molar-refractivity contribution in [3.05, 3.63) is 47.0 Å². The van der Waals surface area contributed by atoms with Crippen molar-refractivity contribution in [2.75, 3.05) is 18.5 Å². The molecule has 0 radical (unpaired) electrons. The van der Waals surface area contributed by atoms with Crippen LogP contribution in [0.2, 0.25) is 0 Å². The average molecular weight is 466 g/mol. The molecule has 0 amide bonds. The number of fused-ring (bicyclic) bond motifs is 1. The van der Waals surface area contributed by atoms with Crippen molar-refractivity contribution in [2.24, 2.45) is 0 Å². The molecule has 3 heterocycles. The van der Waals surface area contributed by atoms with Gasteiger partial charge in [0.05, 0.1) is 30.5 Å². The van der Waals surface area contributed by atoms with Gasteiger partial charge in [0.1, 0.15) is 5.69 Å². The Morgan fingerprint density at radius 1 is 1.18 bits per heavy atom. The van der Waals surface area contributed by atoms with Crippen molar-refractivity contribution in [3.8, 4) is 11.3 Å². The molecular formula is C26H32FN5O2. The summed E-state index contributed by atoms with van der Waals surface area (Å²) in [7, 11) is 0. The molecule has 1 saturated carbocycles. The summed E-state index contributed by atoms with van der Waals surface area (Å²) < 4.78 is 20.3. The number of aliphatic hydroxyl groups is 1. The van der Waals surface area contributed by atoms with Crippen LogP contribution in [-0.2, 0) is 11.3 Å². The Balaban J connectivity index is 1.55. The van der Waals surface area contributed by atoms with Gasteiger partial charge in [-0.15, -0.1) is 0 Å². The molecule has 0 spiro atoms. The van der Waals surface area contributed by atoms with Crippen molar-refractivity contribution < 1.29 is 14.2 Å². The van der Waals surface area contributed by atoms with E-state index in [0.29, 0.717) is 25.0 Å². The van der Waals surface area contributed by atoms with Gasteiger partial charge in [0.25, 0.3) is 0 Å². The third kappa shape index (κ3) is 4.62. The summed E-state index contributed by atoms with van der Waals surface area (Å²) in [6.07, 6.45) is 5.60. The zero-order chi connectivity index (χ0) is 23.8. The molecule has 34 heavy (non-hydrogen) atoms. The number of hydrogen-bond acceptors (Lipinski definition) is 7.